The van der Waals surface area contributed by atoms with E-state index < -0.39 is 22.1 Å². The Balaban J connectivity index is 2.35. The van der Waals surface area contributed by atoms with Crippen LogP contribution in [0.5, 0.6) is 0 Å². The minimum Gasteiger partial charge on any atom is -0.294 e. The second-order valence-corrected chi connectivity index (χ2v) is 8.47. The molecule has 0 saturated heterocycles. The number of thiazole rings is 1. The minimum absolute atomic E-state index is 0.0456. The van der Waals surface area contributed by atoms with Gasteiger partial charge in [0.15, 0.2) is 5.13 Å². The Bertz CT molecular complexity index is 888. The summed E-state index contributed by atoms with van der Waals surface area (Å²) in [6.07, 6.45) is -3.70. The number of carbonyl (C=O) groups excluding carboxylic acids is 1. The lowest BCUT2D eigenvalue weighted by Crippen LogP contribution is -2.32. The van der Waals surface area contributed by atoms with Gasteiger partial charge in [-0.2, -0.15) is 17.5 Å². The lowest BCUT2D eigenvalue weighted by atomic mass is 10.3. The van der Waals surface area contributed by atoms with Crippen molar-refractivity contribution in [1.82, 2.24) is 9.29 Å². The molecular formula is C15H18F3N3O3S2. The highest BCUT2D eigenvalue weighted by atomic mass is 32.2. The topological polar surface area (TPSA) is 79.4 Å². The molecule has 2 aromatic rings. The van der Waals surface area contributed by atoms with Crippen molar-refractivity contribution in [1.29, 1.82) is 0 Å². The zero-order valence-corrected chi connectivity index (χ0v) is 15.8. The molecule has 1 heterocycles. The molecule has 1 aromatic carbocycles. The fraction of sp³-hybridized carbons (Fsp3) is 0.467. The number of aromatic nitrogens is 1. The molecule has 0 radical (unpaired) electrons. The molecule has 6 nitrogen and oxygen atoms in total. The number of hydrogen-bond acceptors (Lipinski definition) is 5. The zero-order valence-electron chi connectivity index (χ0n) is 14.1. The molecule has 0 aliphatic heterocycles. The van der Waals surface area contributed by atoms with E-state index in [1.165, 1.54) is 22.5 Å². The van der Waals surface area contributed by atoms with E-state index in [0.29, 0.717) is 36.1 Å². The Morgan fingerprint density at radius 1 is 1.23 bits per heavy atom. The fourth-order valence-corrected chi connectivity index (χ4v) is 4.91. The molecule has 1 aromatic heterocycles. The van der Waals surface area contributed by atoms with E-state index in [0.717, 1.165) is 11.3 Å². The molecule has 0 atom stereocenters. The van der Waals surface area contributed by atoms with E-state index in [1.807, 2.05) is 13.8 Å². The van der Waals surface area contributed by atoms with Crippen LogP contribution in [0.1, 0.15) is 26.7 Å². The van der Waals surface area contributed by atoms with Gasteiger partial charge >= 0.3 is 12.1 Å². The summed E-state index contributed by atoms with van der Waals surface area (Å²) in [6, 6.07) is 4.15. The number of nitrogens with zero attached hydrogens (tertiary/aromatic N) is 2. The highest BCUT2D eigenvalue weighted by molar-refractivity contribution is 7.89. The Labute approximate surface area is 153 Å². The Hall–Kier alpha value is -1.72. The number of rotatable bonds is 7. The van der Waals surface area contributed by atoms with Gasteiger partial charge < -0.3 is 0 Å². The normalized spacial score (nSPS) is 12.7. The average molecular weight is 409 g/mol. The molecule has 0 aliphatic carbocycles. The molecule has 0 unspecified atom stereocenters. The van der Waals surface area contributed by atoms with Crippen LogP contribution in [0.15, 0.2) is 23.1 Å². The second kappa shape index (κ2) is 7.89. The maximum absolute atomic E-state index is 12.8. The number of halogens is 3. The van der Waals surface area contributed by atoms with Gasteiger partial charge in [0.05, 0.1) is 15.1 Å². The van der Waals surface area contributed by atoms with Crippen molar-refractivity contribution in [2.24, 2.45) is 0 Å². The molecule has 144 valence electrons. The maximum atomic E-state index is 12.8. The van der Waals surface area contributed by atoms with Crippen LogP contribution in [0.2, 0.25) is 0 Å². The van der Waals surface area contributed by atoms with E-state index in [4.69, 9.17) is 0 Å². The van der Waals surface area contributed by atoms with Crippen LogP contribution in [0.4, 0.5) is 18.3 Å². The van der Waals surface area contributed by atoms with Crippen molar-refractivity contribution >= 4 is 42.6 Å². The molecule has 0 bridgehead atoms. The first-order valence-electron chi connectivity index (χ1n) is 7.88. The van der Waals surface area contributed by atoms with Crippen molar-refractivity contribution in [3.63, 3.8) is 0 Å². The number of hydrogen-bond donors (Lipinski definition) is 1. The highest BCUT2D eigenvalue weighted by Crippen LogP contribution is 2.30. The first kappa shape index (κ1) is 20.6. The SMILES string of the molecule is CCCN(CCC)S(=O)(=O)c1ccc2nc(NC(=O)C(F)(F)F)sc2c1. The largest absolute Gasteiger partial charge is 0.471 e. The quantitative estimate of drug-likeness (QED) is 0.758. The summed E-state index contributed by atoms with van der Waals surface area (Å²) in [4.78, 5) is 14.9. The summed E-state index contributed by atoms with van der Waals surface area (Å²) in [7, 11) is -3.71. The van der Waals surface area contributed by atoms with Crippen LogP contribution in [-0.4, -0.2) is 42.9 Å². The van der Waals surface area contributed by atoms with Gasteiger partial charge in [0.25, 0.3) is 0 Å². The van der Waals surface area contributed by atoms with Gasteiger partial charge in [0.2, 0.25) is 10.0 Å². The van der Waals surface area contributed by atoms with Crippen LogP contribution in [-0.2, 0) is 14.8 Å². The third-order valence-electron chi connectivity index (χ3n) is 3.42. The first-order valence-corrected chi connectivity index (χ1v) is 10.1. The molecule has 1 N–H and O–H groups in total. The Kier molecular flexibility index (Phi) is 6.25. The second-order valence-electron chi connectivity index (χ2n) is 5.50. The summed E-state index contributed by atoms with van der Waals surface area (Å²) < 4.78 is 64.2. The van der Waals surface area contributed by atoms with Crippen LogP contribution >= 0.6 is 11.3 Å². The smallest absolute Gasteiger partial charge is 0.294 e. The molecule has 1 amide bonds. The number of carbonyl (C=O) groups is 1. The number of sulfonamides is 1. The number of nitrogens with one attached hydrogen (secondary N) is 1. The highest BCUT2D eigenvalue weighted by Gasteiger charge is 2.39. The summed E-state index contributed by atoms with van der Waals surface area (Å²) in [5.74, 6) is -2.12. The average Bonchev–Trinajstić information content (AvgIpc) is 2.95. The predicted octanol–water partition coefficient (Wildman–Crippen LogP) is 3.61. The van der Waals surface area contributed by atoms with Crippen molar-refractivity contribution in [3.05, 3.63) is 18.2 Å². The summed E-state index contributed by atoms with van der Waals surface area (Å²) in [6.45, 7) is 4.51. The molecule has 0 saturated carbocycles. The van der Waals surface area contributed by atoms with E-state index in [9.17, 15) is 26.4 Å². The van der Waals surface area contributed by atoms with Crippen LogP contribution in [0.3, 0.4) is 0 Å². The number of amides is 1. The minimum atomic E-state index is -5.02. The number of alkyl halides is 3. The first-order chi connectivity index (χ1) is 12.1. The monoisotopic (exact) mass is 409 g/mol. The van der Waals surface area contributed by atoms with Gasteiger partial charge in [-0.1, -0.05) is 25.2 Å². The Morgan fingerprint density at radius 3 is 2.38 bits per heavy atom. The van der Waals surface area contributed by atoms with Gasteiger partial charge in [-0.3, -0.25) is 10.1 Å². The van der Waals surface area contributed by atoms with Gasteiger partial charge in [-0.05, 0) is 31.0 Å². The van der Waals surface area contributed by atoms with E-state index in [1.54, 1.807) is 5.32 Å². The fourth-order valence-electron chi connectivity index (χ4n) is 2.29. The zero-order chi connectivity index (χ0) is 19.5. The predicted molar refractivity (Wildman–Crippen MR) is 93.6 cm³/mol. The van der Waals surface area contributed by atoms with E-state index in [-0.39, 0.29) is 10.0 Å². The van der Waals surface area contributed by atoms with Crippen molar-refractivity contribution in [2.75, 3.05) is 18.4 Å². The third kappa shape index (κ3) is 4.51. The molecule has 0 aliphatic rings. The Morgan fingerprint density at radius 2 is 1.85 bits per heavy atom. The number of benzene rings is 1. The summed E-state index contributed by atoms with van der Waals surface area (Å²) >= 11 is 0.784. The molecule has 2 rings (SSSR count). The van der Waals surface area contributed by atoms with Crippen LogP contribution in [0, 0.1) is 0 Å². The number of anilines is 1. The van der Waals surface area contributed by atoms with Gasteiger partial charge in [-0.15, -0.1) is 0 Å². The summed E-state index contributed by atoms with van der Waals surface area (Å²) in [5.41, 5.74) is 0.309. The van der Waals surface area contributed by atoms with E-state index >= 15 is 0 Å². The van der Waals surface area contributed by atoms with Crippen molar-refractivity contribution in [3.8, 4) is 0 Å². The van der Waals surface area contributed by atoms with Crippen LogP contribution in [0.25, 0.3) is 10.2 Å². The molecule has 0 spiro atoms. The maximum Gasteiger partial charge on any atom is 0.471 e. The van der Waals surface area contributed by atoms with E-state index in [2.05, 4.69) is 4.98 Å². The number of fused-ring (bicyclic) bond motifs is 1. The molecule has 26 heavy (non-hydrogen) atoms. The van der Waals surface area contributed by atoms with Crippen molar-refractivity contribution in [2.45, 2.75) is 37.8 Å². The third-order valence-corrected chi connectivity index (χ3v) is 6.25. The van der Waals surface area contributed by atoms with Crippen LogP contribution < -0.4 is 5.32 Å². The van der Waals surface area contributed by atoms with Crippen molar-refractivity contribution < 1.29 is 26.4 Å². The molecule has 11 heteroatoms. The lowest BCUT2D eigenvalue weighted by molar-refractivity contribution is -0.167. The molecule has 0 fully saturated rings. The molecular weight excluding hydrogens is 391 g/mol. The van der Waals surface area contributed by atoms with Gasteiger partial charge in [-0.25, -0.2) is 13.4 Å². The lowest BCUT2D eigenvalue weighted by Gasteiger charge is -2.20. The van der Waals surface area contributed by atoms with Gasteiger partial charge in [0.1, 0.15) is 0 Å². The van der Waals surface area contributed by atoms with Gasteiger partial charge in [0, 0.05) is 13.1 Å². The summed E-state index contributed by atoms with van der Waals surface area (Å²) in [5, 5.41) is 1.44. The standard InChI is InChI=1S/C15H18F3N3O3S2/c1-3-7-21(8-4-2)26(23,24)10-5-6-11-12(9-10)25-14(19-11)20-13(22)15(16,17)18/h5-6,9H,3-4,7-8H2,1-2H3,(H,19,20,22).